The molecule has 1 N–H and O–H groups in total. The van der Waals surface area contributed by atoms with E-state index in [0.29, 0.717) is 11.0 Å². The van der Waals surface area contributed by atoms with Crippen molar-refractivity contribution in [3.05, 3.63) is 47.0 Å². The first kappa shape index (κ1) is 15.9. The lowest BCUT2D eigenvalue weighted by Crippen LogP contribution is -2.12. The van der Waals surface area contributed by atoms with Gasteiger partial charge in [-0.05, 0) is 31.0 Å². The Morgan fingerprint density at radius 1 is 1.24 bits per heavy atom. The first-order valence-corrected chi connectivity index (χ1v) is 7.32. The van der Waals surface area contributed by atoms with Crippen LogP contribution in [0.15, 0.2) is 41.4 Å². The summed E-state index contributed by atoms with van der Waals surface area (Å²) in [6.07, 6.45) is 2.60. The topological polar surface area (TPSA) is 29.9 Å². The van der Waals surface area contributed by atoms with Gasteiger partial charge in [0.2, 0.25) is 0 Å². The molecule has 0 bridgehead atoms. The highest BCUT2D eigenvalue weighted by Crippen LogP contribution is 2.36. The van der Waals surface area contributed by atoms with Crippen molar-refractivity contribution in [3.8, 4) is 0 Å². The van der Waals surface area contributed by atoms with Gasteiger partial charge in [-0.2, -0.15) is 13.2 Å². The third-order valence-corrected chi connectivity index (χ3v) is 3.50. The predicted octanol–water partition coefficient (Wildman–Crippen LogP) is 4.56. The van der Waals surface area contributed by atoms with Gasteiger partial charge in [0.15, 0.2) is 0 Å². The van der Waals surface area contributed by atoms with Gasteiger partial charge in [0, 0.05) is 35.6 Å². The van der Waals surface area contributed by atoms with E-state index in [-0.39, 0.29) is 5.69 Å². The Hall–Kier alpha value is -1.50. The number of imidazole rings is 1. The van der Waals surface area contributed by atoms with Gasteiger partial charge in [-0.25, -0.2) is 4.98 Å². The molecule has 3 nitrogen and oxygen atoms in total. The molecule has 0 atom stereocenters. The number of aryl methyl sites for hydroxylation is 1. The van der Waals surface area contributed by atoms with Gasteiger partial charge in [-0.15, -0.1) is 0 Å². The number of rotatable bonds is 6. The molecule has 21 heavy (non-hydrogen) atoms. The Bertz CT molecular complexity index is 567. The lowest BCUT2D eigenvalue weighted by Gasteiger charge is -2.15. The highest BCUT2D eigenvalue weighted by molar-refractivity contribution is 9.10. The molecule has 1 aromatic carbocycles. The van der Waals surface area contributed by atoms with E-state index < -0.39 is 11.7 Å². The summed E-state index contributed by atoms with van der Waals surface area (Å²) in [4.78, 5) is 3.93. The molecule has 1 heterocycles. The van der Waals surface area contributed by atoms with Crippen molar-refractivity contribution in [3.63, 3.8) is 0 Å². The van der Waals surface area contributed by atoms with Crippen LogP contribution < -0.4 is 5.32 Å². The maximum atomic E-state index is 12.9. The molecule has 0 spiro atoms. The monoisotopic (exact) mass is 361 g/mol. The Kier molecular flexibility index (Phi) is 5.27. The Labute approximate surface area is 129 Å². The molecular formula is C14H15BrF3N3. The summed E-state index contributed by atoms with van der Waals surface area (Å²) in [5.74, 6) is 0. The SMILES string of the molecule is FC(F)(F)c1cc(Br)ccc1NCCCCn1ccnc1. The van der Waals surface area contributed by atoms with E-state index in [4.69, 9.17) is 0 Å². The Balaban J connectivity index is 1.85. The van der Waals surface area contributed by atoms with Crippen molar-refractivity contribution >= 4 is 21.6 Å². The third-order valence-electron chi connectivity index (χ3n) is 3.00. The quantitative estimate of drug-likeness (QED) is 0.764. The largest absolute Gasteiger partial charge is 0.418 e. The second kappa shape index (κ2) is 6.98. The second-order valence-corrected chi connectivity index (χ2v) is 5.54. The predicted molar refractivity (Wildman–Crippen MR) is 79.1 cm³/mol. The summed E-state index contributed by atoms with van der Waals surface area (Å²) in [5.41, 5.74) is -0.528. The number of anilines is 1. The standard InChI is InChI=1S/C14H15BrF3N3/c15-11-3-4-13(12(9-11)14(16,17)18)20-5-1-2-7-21-8-6-19-10-21/h3-4,6,8-10,20H,1-2,5,7H2. The van der Waals surface area contributed by atoms with Gasteiger partial charge in [0.25, 0.3) is 0 Å². The van der Waals surface area contributed by atoms with Crippen LogP contribution in [0.3, 0.4) is 0 Å². The van der Waals surface area contributed by atoms with Crippen molar-refractivity contribution in [2.75, 3.05) is 11.9 Å². The molecule has 0 amide bonds. The van der Waals surface area contributed by atoms with Gasteiger partial charge < -0.3 is 9.88 Å². The number of benzene rings is 1. The summed E-state index contributed by atoms with van der Waals surface area (Å²) < 4.78 is 41.1. The van der Waals surface area contributed by atoms with Gasteiger partial charge in [-0.3, -0.25) is 0 Å². The summed E-state index contributed by atoms with van der Waals surface area (Å²) >= 11 is 3.07. The number of aromatic nitrogens is 2. The van der Waals surface area contributed by atoms with Gasteiger partial charge in [-0.1, -0.05) is 15.9 Å². The molecule has 0 unspecified atom stereocenters. The van der Waals surface area contributed by atoms with E-state index in [1.54, 1.807) is 18.6 Å². The molecule has 0 aliphatic heterocycles. The molecule has 0 aliphatic carbocycles. The van der Waals surface area contributed by atoms with E-state index in [9.17, 15) is 13.2 Å². The first-order valence-electron chi connectivity index (χ1n) is 6.53. The molecule has 7 heteroatoms. The van der Waals surface area contributed by atoms with E-state index in [2.05, 4.69) is 26.2 Å². The molecule has 0 radical (unpaired) electrons. The highest BCUT2D eigenvalue weighted by atomic mass is 79.9. The second-order valence-electron chi connectivity index (χ2n) is 4.62. The molecule has 2 aromatic rings. The first-order chi connectivity index (χ1) is 9.97. The van der Waals surface area contributed by atoms with Crippen LogP contribution in [0.5, 0.6) is 0 Å². The van der Waals surface area contributed by atoms with Crippen LogP contribution in [-0.4, -0.2) is 16.1 Å². The smallest absolute Gasteiger partial charge is 0.385 e. The van der Waals surface area contributed by atoms with Crippen molar-refractivity contribution in [2.45, 2.75) is 25.6 Å². The van der Waals surface area contributed by atoms with Crippen LogP contribution in [0, 0.1) is 0 Å². The van der Waals surface area contributed by atoms with Crippen LogP contribution in [0.1, 0.15) is 18.4 Å². The van der Waals surface area contributed by atoms with E-state index in [1.807, 2.05) is 10.8 Å². The summed E-state index contributed by atoms with van der Waals surface area (Å²) in [7, 11) is 0. The maximum Gasteiger partial charge on any atom is 0.418 e. The van der Waals surface area contributed by atoms with Crippen molar-refractivity contribution in [1.29, 1.82) is 0 Å². The minimum Gasteiger partial charge on any atom is -0.385 e. The number of alkyl halides is 3. The van der Waals surface area contributed by atoms with Gasteiger partial charge >= 0.3 is 6.18 Å². The van der Waals surface area contributed by atoms with Crippen molar-refractivity contribution in [1.82, 2.24) is 9.55 Å². The number of halogens is 4. The van der Waals surface area contributed by atoms with Crippen LogP contribution >= 0.6 is 15.9 Å². The average Bonchev–Trinajstić information content (AvgIpc) is 2.92. The average molecular weight is 362 g/mol. The zero-order valence-electron chi connectivity index (χ0n) is 11.2. The molecule has 0 aliphatic rings. The van der Waals surface area contributed by atoms with Gasteiger partial charge in [0.05, 0.1) is 11.9 Å². The Morgan fingerprint density at radius 2 is 2.05 bits per heavy atom. The van der Waals surface area contributed by atoms with Gasteiger partial charge in [0.1, 0.15) is 0 Å². The Morgan fingerprint density at radius 3 is 2.71 bits per heavy atom. The van der Waals surface area contributed by atoms with Crippen molar-refractivity contribution < 1.29 is 13.2 Å². The van der Waals surface area contributed by atoms with Crippen LogP contribution in [0.25, 0.3) is 0 Å². The number of hydrogen-bond donors (Lipinski definition) is 1. The fraction of sp³-hybridized carbons (Fsp3) is 0.357. The summed E-state index contributed by atoms with van der Waals surface area (Å²) in [5, 5.41) is 2.86. The van der Waals surface area contributed by atoms with E-state index in [0.717, 1.165) is 25.5 Å². The minimum absolute atomic E-state index is 0.119. The number of nitrogens with zero attached hydrogens (tertiary/aromatic N) is 2. The molecule has 0 fully saturated rings. The van der Waals surface area contributed by atoms with E-state index >= 15 is 0 Å². The molecule has 0 saturated heterocycles. The normalized spacial score (nSPS) is 11.6. The molecule has 1 aromatic heterocycles. The maximum absolute atomic E-state index is 12.9. The zero-order chi connectivity index (χ0) is 15.3. The number of unbranched alkanes of at least 4 members (excludes halogenated alkanes) is 1. The molecule has 0 saturated carbocycles. The van der Waals surface area contributed by atoms with Crippen LogP contribution in [-0.2, 0) is 12.7 Å². The fourth-order valence-electron chi connectivity index (χ4n) is 1.97. The number of hydrogen-bond acceptors (Lipinski definition) is 2. The lowest BCUT2D eigenvalue weighted by molar-refractivity contribution is -0.137. The number of nitrogens with one attached hydrogen (secondary N) is 1. The highest BCUT2D eigenvalue weighted by Gasteiger charge is 2.33. The van der Waals surface area contributed by atoms with Crippen LogP contribution in [0.4, 0.5) is 18.9 Å². The summed E-state index contributed by atoms with van der Waals surface area (Å²) in [6.45, 7) is 1.31. The summed E-state index contributed by atoms with van der Waals surface area (Å²) in [6, 6.07) is 4.14. The third kappa shape index (κ3) is 4.77. The molecular weight excluding hydrogens is 347 g/mol. The molecule has 2 rings (SSSR count). The lowest BCUT2D eigenvalue weighted by atomic mass is 10.1. The zero-order valence-corrected chi connectivity index (χ0v) is 12.8. The molecule has 114 valence electrons. The van der Waals surface area contributed by atoms with Crippen molar-refractivity contribution in [2.24, 2.45) is 0 Å². The van der Waals surface area contributed by atoms with E-state index in [1.165, 1.54) is 6.07 Å². The van der Waals surface area contributed by atoms with Crippen LogP contribution in [0.2, 0.25) is 0 Å². The minimum atomic E-state index is -4.36. The fourth-order valence-corrected chi connectivity index (χ4v) is 2.33.